The van der Waals surface area contributed by atoms with Crippen molar-refractivity contribution < 1.29 is 22.0 Å². The molecule has 0 bridgehead atoms. The van der Waals surface area contributed by atoms with Gasteiger partial charge in [-0.1, -0.05) is 18.2 Å². The summed E-state index contributed by atoms with van der Waals surface area (Å²) in [6, 6.07) is 10.7. The van der Waals surface area contributed by atoms with Crippen LogP contribution >= 0.6 is 0 Å². The van der Waals surface area contributed by atoms with Crippen molar-refractivity contribution in [1.29, 1.82) is 0 Å². The average Bonchev–Trinajstić information content (AvgIpc) is 3.56. The summed E-state index contributed by atoms with van der Waals surface area (Å²) >= 11 is 0. The Bertz CT molecular complexity index is 1020. The van der Waals surface area contributed by atoms with Crippen molar-refractivity contribution in [2.75, 3.05) is 18.4 Å². The normalized spacial score (nSPS) is 17.9. The molecule has 0 atom stereocenters. The predicted octanol–water partition coefficient (Wildman–Crippen LogP) is 3.81. The molecule has 1 aliphatic carbocycles. The molecule has 160 valence electrons. The molecule has 2 aromatic rings. The Hall–Kier alpha value is -2.52. The van der Waals surface area contributed by atoms with E-state index in [-0.39, 0.29) is 22.7 Å². The highest BCUT2D eigenvalue weighted by molar-refractivity contribution is 7.89. The minimum absolute atomic E-state index is 0.00823. The van der Waals surface area contributed by atoms with Crippen molar-refractivity contribution >= 4 is 21.7 Å². The lowest BCUT2D eigenvalue weighted by Gasteiger charge is -2.38. The second-order valence-corrected chi connectivity index (χ2v) is 9.49. The van der Waals surface area contributed by atoms with Gasteiger partial charge in [0.2, 0.25) is 10.0 Å². The molecule has 9 heteroatoms. The molecule has 4 rings (SSSR count). The van der Waals surface area contributed by atoms with Gasteiger partial charge in [-0.25, -0.2) is 22.0 Å². The first-order valence-electron chi connectivity index (χ1n) is 9.96. The van der Waals surface area contributed by atoms with Gasteiger partial charge in [0.25, 0.3) is 0 Å². The maximum Gasteiger partial charge on any atom is 0.321 e. The molecule has 1 N–H and O–H groups in total. The van der Waals surface area contributed by atoms with Gasteiger partial charge in [0, 0.05) is 31.2 Å². The average molecular weight is 435 g/mol. The fourth-order valence-corrected chi connectivity index (χ4v) is 5.79. The summed E-state index contributed by atoms with van der Waals surface area (Å²) in [5.74, 6) is -1.56. The van der Waals surface area contributed by atoms with E-state index in [1.54, 1.807) is 34.6 Å². The smallest absolute Gasteiger partial charge is 0.321 e. The number of halogens is 2. The van der Waals surface area contributed by atoms with E-state index < -0.39 is 27.7 Å². The first-order chi connectivity index (χ1) is 14.4. The Balaban J connectivity index is 1.42. The number of likely N-dealkylation sites (tertiary alicyclic amines) is 1. The zero-order chi connectivity index (χ0) is 21.3. The van der Waals surface area contributed by atoms with E-state index in [0.717, 1.165) is 18.9 Å². The van der Waals surface area contributed by atoms with Gasteiger partial charge in [-0.05, 0) is 49.9 Å². The van der Waals surface area contributed by atoms with Crippen LogP contribution < -0.4 is 5.32 Å². The molecule has 0 aromatic heterocycles. The largest absolute Gasteiger partial charge is 0.324 e. The van der Waals surface area contributed by atoms with Gasteiger partial charge in [-0.3, -0.25) is 0 Å². The van der Waals surface area contributed by atoms with Crippen LogP contribution in [0.15, 0.2) is 53.4 Å². The number of anilines is 1. The molecule has 2 amide bonds. The van der Waals surface area contributed by atoms with Crippen molar-refractivity contribution in [3.8, 4) is 0 Å². The van der Waals surface area contributed by atoms with Crippen LogP contribution in [-0.2, 0) is 10.0 Å². The lowest BCUT2D eigenvalue weighted by molar-refractivity contribution is 0.165. The maximum atomic E-state index is 13.8. The van der Waals surface area contributed by atoms with Crippen LogP contribution in [0.2, 0.25) is 0 Å². The molecule has 2 aliphatic rings. The van der Waals surface area contributed by atoms with Crippen LogP contribution in [0, 0.1) is 11.6 Å². The summed E-state index contributed by atoms with van der Waals surface area (Å²) in [5.41, 5.74) is -0.0882. The molecule has 1 saturated carbocycles. The third kappa shape index (κ3) is 4.32. The Labute approximate surface area is 174 Å². The Morgan fingerprint density at radius 3 is 2.20 bits per heavy atom. The van der Waals surface area contributed by atoms with Crippen molar-refractivity contribution in [3.05, 3.63) is 60.2 Å². The van der Waals surface area contributed by atoms with Crippen LogP contribution in [0.5, 0.6) is 0 Å². The van der Waals surface area contributed by atoms with Crippen LogP contribution in [0.1, 0.15) is 25.7 Å². The molecule has 6 nitrogen and oxygen atoms in total. The van der Waals surface area contributed by atoms with Crippen molar-refractivity contribution in [2.45, 2.75) is 42.7 Å². The summed E-state index contributed by atoms with van der Waals surface area (Å²) in [6.45, 7) is 0.708. The number of carbonyl (C=O) groups excluding carboxylic acids is 1. The minimum atomic E-state index is -3.60. The summed E-state index contributed by atoms with van der Waals surface area (Å²) in [6.07, 6.45) is 2.69. The Kier molecular flexibility index (Phi) is 5.75. The van der Waals surface area contributed by atoms with Gasteiger partial charge in [0.05, 0.1) is 10.6 Å². The number of urea groups is 1. The number of hydrogen-bond acceptors (Lipinski definition) is 3. The summed E-state index contributed by atoms with van der Waals surface area (Å²) in [4.78, 5) is 14.3. The van der Waals surface area contributed by atoms with Crippen LogP contribution in [0.3, 0.4) is 0 Å². The molecule has 2 fully saturated rings. The quantitative estimate of drug-likeness (QED) is 0.776. The van der Waals surface area contributed by atoms with Gasteiger partial charge in [-0.15, -0.1) is 0 Å². The fourth-order valence-electron chi connectivity index (χ4n) is 3.84. The molecule has 2 aromatic carbocycles. The van der Waals surface area contributed by atoms with E-state index in [2.05, 4.69) is 5.32 Å². The monoisotopic (exact) mass is 435 g/mol. The third-order valence-corrected chi connectivity index (χ3v) is 7.53. The number of nitrogens with zero attached hydrogens (tertiary/aromatic N) is 2. The second-order valence-electron chi connectivity index (χ2n) is 7.65. The molecule has 0 unspecified atom stereocenters. The number of piperidine rings is 1. The van der Waals surface area contributed by atoms with Crippen LogP contribution in [-0.4, -0.2) is 48.8 Å². The third-order valence-electron chi connectivity index (χ3n) is 5.51. The zero-order valence-corrected chi connectivity index (χ0v) is 17.1. The Morgan fingerprint density at radius 1 is 0.967 bits per heavy atom. The predicted molar refractivity (Wildman–Crippen MR) is 108 cm³/mol. The molecular weight excluding hydrogens is 412 g/mol. The van der Waals surface area contributed by atoms with E-state index >= 15 is 0 Å². The van der Waals surface area contributed by atoms with Crippen molar-refractivity contribution in [2.24, 2.45) is 0 Å². The van der Waals surface area contributed by atoms with Gasteiger partial charge in [-0.2, -0.15) is 4.31 Å². The van der Waals surface area contributed by atoms with Crippen molar-refractivity contribution in [1.82, 2.24) is 9.21 Å². The number of hydrogen-bond donors (Lipinski definition) is 1. The molecule has 1 aliphatic heterocycles. The summed E-state index contributed by atoms with van der Waals surface area (Å²) < 4.78 is 54.8. The molecule has 1 saturated heterocycles. The highest BCUT2D eigenvalue weighted by atomic mass is 32.2. The number of benzene rings is 2. The first-order valence-corrected chi connectivity index (χ1v) is 11.4. The maximum absolute atomic E-state index is 13.8. The molecule has 0 radical (unpaired) electrons. The SMILES string of the molecule is O=C(Nc1ccc(F)cc1F)N1CCC(N(C2CC2)S(=O)(=O)c2ccccc2)CC1. The molecule has 1 heterocycles. The molecule has 0 spiro atoms. The topological polar surface area (TPSA) is 69.7 Å². The lowest BCUT2D eigenvalue weighted by Crippen LogP contribution is -2.50. The number of amides is 2. The van der Waals surface area contributed by atoms with E-state index in [9.17, 15) is 22.0 Å². The van der Waals surface area contributed by atoms with E-state index in [4.69, 9.17) is 0 Å². The number of rotatable bonds is 5. The zero-order valence-electron chi connectivity index (χ0n) is 16.3. The number of sulfonamides is 1. The minimum Gasteiger partial charge on any atom is -0.324 e. The molecular formula is C21H23F2N3O3S. The van der Waals surface area contributed by atoms with Crippen molar-refractivity contribution in [3.63, 3.8) is 0 Å². The van der Waals surface area contributed by atoms with Gasteiger partial charge < -0.3 is 10.2 Å². The van der Waals surface area contributed by atoms with E-state index in [0.29, 0.717) is 32.0 Å². The highest BCUT2D eigenvalue weighted by Gasteiger charge is 2.43. The van der Waals surface area contributed by atoms with E-state index in [1.165, 1.54) is 11.0 Å². The highest BCUT2D eigenvalue weighted by Crippen LogP contribution is 2.36. The van der Waals surface area contributed by atoms with E-state index in [1.807, 2.05) is 0 Å². The lowest BCUT2D eigenvalue weighted by atomic mass is 10.1. The summed E-state index contributed by atoms with van der Waals surface area (Å²) in [7, 11) is -3.60. The number of carbonyl (C=O) groups is 1. The van der Waals surface area contributed by atoms with Crippen LogP contribution in [0.4, 0.5) is 19.3 Å². The standard InChI is InChI=1S/C21H23F2N3O3S/c22-15-6-9-20(19(23)14-15)24-21(27)25-12-10-17(11-13-25)26(16-7-8-16)30(28,29)18-4-2-1-3-5-18/h1-6,9,14,16-17H,7-8,10-13H2,(H,24,27). The Morgan fingerprint density at radius 2 is 1.60 bits per heavy atom. The number of nitrogens with one attached hydrogen (secondary N) is 1. The van der Waals surface area contributed by atoms with Gasteiger partial charge >= 0.3 is 6.03 Å². The first kappa shape index (κ1) is 20.7. The van der Waals surface area contributed by atoms with Gasteiger partial charge in [0.1, 0.15) is 11.6 Å². The van der Waals surface area contributed by atoms with Gasteiger partial charge in [0.15, 0.2) is 0 Å². The second kappa shape index (κ2) is 8.31. The fraction of sp³-hybridized carbons (Fsp3) is 0.381. The molecule has 30 heavy (non-hydrogen) atoms. The van der Waals surface area contributed by atoms with Crippen LogP contribution in [0.25, 0.3) is 0 Å². The summed E-state index contributed by atoms with van der Waals surface area (Å²) in [5, 5.41) is 2.46.